The Labute approximate surface area is 113 Å². The number of nitro groups is 1. The number of piperazine rings is 1. The standard InChI is InChI=1S/C11H13N5O4/c12-14-8-3-1-2-7(10(8)16(19)20)11(18)15-5-4-13-9(17)6-15/h1-3,14H,4-6,12H2,(H,13,17). The van der Waals surface area contributed by atoms with Crippen LogP contribution in [0, 0.1) is 10.1 Å². The molecule has 0 aliphatic carbocycles. The molecule has 9 heteroatoms. The zero-order valence-corrected chi connectivity index (χ0v) is 10.5. The van der Waals surface area contributed by atoms with E-state index in [2.05, 4.69) is 10.7 Å². The number of rotatable bonds is 3. The predicted octanol–water partition coefficient (Wildman–Crippen LogP) is -0.548. The number of para-hydroxylation sites is 1. The first-order chi connectivity index (χ1) is 9.54. The van der Waals surface area contributed by atoms with Gasteiger partial charge < -0.3 is 15.6 Å². The number of amides is 2. The van der Waals surface area contributed by atoms with Crippen LogP contribution in [-0.4, -0.2) is 41.3 Å². The van der Waals surface area contributed by atoms with Gasteiger partial charge >= 0.3 is 5.69 Å². The Bertz CT molecular complexity index is 574. The maximum absolute atomic E-state index is 12.3. The molecule has 1 fully saturated rings. The van der Waals surface area contributed by atoms with E-state index in [0.29, 0.717) is 13.1 Å². The lowest BCUT2D eigenvalue weighted by atomic mass is 10.1. The van der Waals surface area contributed by atoms with Crippen molar-refractivity contribution in [2.24, 2.45) is 5.84 Å². The molecule has 20 heavy (non-hydrogen) atoms. The highest BCUT2D eigenvalue weighted by Crippen LogP contribution is 2.28. The minimum atomic E-state index is -0.674. The maximum atomic E-state index is 12.3. The molecule has 9 nitrogen and oxygen atoms in total. The van der Waals surface area contributed by atoms with Crippen molar-refractivity contribution < 1.29 is 14.5 Å². The quantitative estimate of drug-likeness (QED) is 0.386. The zero-order chi connectivity index (χ0) is 14.7. The van der Waals surface area contributed by atoms with E-state index in [1.54, 1.807) is 0 Å². The second kappa shape index (κ2) is 5.53. The van der Waals surface area contributed by atoms with Crippen LogP contribution in [-0.2, 0) is 4.79 Å². The Balaban J connectivity index is 2.39. The molecule has 1 heterocycles. The number of nitrogen functional groups attached to an aromatic ring is 1. The molecule has 2 rings (SSSR count). The molecule has 0 bridgehead atoms. The van der Waals surface area contributed by atoms with Gasteiger partial charge in [0, 0.05) is 13.1 Å². The first-order valence-corrected chi connectivity index (χ1v) is 5.84. The fourth-order valence-corrected chi connectivity index (χ4v) is 2.01. The number of nitrogens with zero attached hydrogens (tertiary/aromatic N) is 2. The van der Waals surface area contributed by atoms with E-state index in [0.717, 1.165) is 0 Å². The summed E-state index contributed by atoms with van der Waals surface area (Å²) in [6.45, 7) is 0.519. The molecule has 1 aromatic carbocycles. The molecule has 0 atom stereocenters. The Morgan fingerprint density at radius 2 is 2.25 bits per heavy atom. The van der Waals surface area contributed by atoms with Crippen molar-refractivity contribution in [3.63, 3.8) is 0 Å². The largest absolute Gasteiger partial charge is 0.353 e. The van der Waals surface area contributed by atoms with Crippen LogP contribution < -0.4 is 16.6 Å². The smallest absolute Gasteiger partial charge is 0.306 e. The summed E-state index contributed by atoms with van der Waals surface area (Å²) in [5, 5.41) is 13.7. The van der Waals surface area contributed by atoms with E-state index in [1.165, 1.54) is 23.1 Å². The number of anilines is 1. The van der Waals surface area contributed by atoms with Gasteiger partial charge in [-0.05, 0) is 12.1 Å². The van der Waals surface area contributed by atoms with Crippen LogP contribution in [0.2, 0.25) is 0 Å². The molecule has 0 unspecified atom stereocenters. The lowest BCUT2D eigenvalue weighted by Crippen LogP contribution is -2.50. The Hall–Kier alpha value is -2.68. The summed E-state index contributed by atoms with van der Waals surface area (Å²) < 4.78 is 0. The Morgan fingerprint density at radius 1 is 1.50 bits per heavy atom. The van der Waals surface area contributed by atoms with Crippen molar-refractivity contribution in [1.29, 1.82) is 0 Å². The molecule has 106 valence electrons. The van der Waals surface area contributed by atoms with E-state index in [-0.39, 0.29) is 23.7 Å². The highest BCUT2D eigenvalue weighted by molar-refractivity contribution is 6.02. The van der Waals surface area contributed by atoms with Gasteiger partial charge in [0.05, 0.1) is 11.5 Å². The number of hydrogen-bond donors (Lipinski definition) is 3. The zero-order valence-electron chi connectivity index (χ0n) is 10.5. The minimum Gasteiger partial charge on any atom is -0.353 e. The van der Waals surface area contributed by atoms with Crippen molar-refractivity contribution in [2.75, 3.05) is 25.1 Å². The van der Waals surface area contributed by atoms with Crippen molar-refractivity contribution in [2.45, 2.75) is 0 Å². The molecule has 1 aliphatic heterocycles. The molecule has 2 amide bonds. The van der Waals surface area contributed by atoms with Gasteiger partial charge in [0.2, 0.25) is 5.91 Å². The number of nitrogens with one attached hydrogen (secondary N) is 2. The molecule has 0 saturated carbocycles. The minimum absolute atomic E-state index is 0.0438. The molecule has 4 N–H and O–H groups in total. The number of carbonyl (C=O) groups is 2. The van der Waals surface area contributed by atoms with Gasteiger partial charge in [-0.2, -0.15) is 0 Å². The molecule has 1 aromatic rings. The molecular formula is C11H13N5O4. The van der Waals surface area contributed by atoms with E-state index in [4.69, 9.17) is 5.84 Å². The average molecular weight is 279 g/mol. The molecule has 0 aromatic heterocycles. The van der Waals surface area contributed by atoms with Crippen LogP contribution in [0.3, 0.4) is 0 Å². The van der Waals surface area contributed by atoms with Crippen molar-refractivity contribution in [3.8, 4) is 0 Å². The number of nitro benzene ring substituents is 1. The van der Waals surface area contributed by atoms with Crippen LogP contribution in [0.1, 0.15) is 10.4 Å². The van der Waals surface area contributed by atoms with E-state index < -0.39 is 16.5 Å². The monoisotopic (exact) mass is 279 g/mol. The van der Waals surface area contributed by atoms with Crippen molar-refractivity contribution in [1.82, 2.24) is 10.2 Å². The summed E-state index contributed by atoms with van der Waals surface area (Å²) in [6, 6.07) is 4.23. The van der Waals surface area contributed by atoms with E-state index in [1.807, 2.05) is 0 Å². The Morgan fingerprint density at radius 3 is 2.85 bits per heavy atom. The van der Waals surface area contributed by atoms with E-state index in [9.17, 15) is 19.7 Å². The number of hydrazine groups is 1. The molecule has 0 spiro atoms. The third-order valence-corrected chi connectivity index (χ3v) is 2.93. The fraction of sp³-hybridized carbons (Fsp3) is 0.273. The first kappa shape index (κ1) is 13.7. The van der Waals surface area contributed by atoms with Gasteiger partial charge in [-0.3, -0.25) is 25.5 Å². The summed E-state index contributed by atoms with van der Waals surface area (Å²) >= 11 is 0. The fourth-order valence-electron chi connectivity index (χ4n) is 2.01. The van der Waals surface area contributed by atoms with Crippen molar-refractivity contribution in [3.05, 3.63) is 33.9 Å². The van der Waals surface area contributed by atoms with Crippen LogP contribution in [0.15, 0.2) is 18.2 Å². The maximum Gasteiger partial charge on any atom is 0.306 e. The number of benzene rings is 1. The van der Waals surface area contributed by atoms with Gasteiger partial charge in [0.1, 0.15) is 11.3 Å². The highest BCUT2D eigenvalue weighted by Gasteiger charge is 2.29. The van der Waals surface area contributed by atoms with Gasteiger partial charge in [-0.15, -0.1) is 0 Å². The van der Waals surface area contributed by atoms with Gasteiger partial charge in [0.15, 0.2) is 0 Å². The lowest BCUT2D eigenvalue weighted by Gasteiger charge is -2.26. The van der Waals surface area contributed by atoms with Gasteiger partial charge in [-0.25, -0.2) is 0 Å². The second-order valence-corrected chi connectivity index (χ2v) is 4.18. The summed E-state index contributed by atoms with van der Waals surface area (Å²) in [5.41, 5.74) is 1.74. The predicted molar refractivity (Wildman–Crippen MR) is 69.8 cm³/mol. The van der Waals surface area contributed by atoms with Crippen LogP contribution in [0.5, 0.6) is 0 Å². The second-order valence-electron chi connectivity index (χ2n) is 4.18. The van der Waals surface area contributed by atoms with Crippen LogP contribution in [0.25, 0.3) is 0 Å². The summed E-state index contributed by atoms with van der Waals surface area (Å²) in [6.07, 6.45) is 0. The first-order valence-electron chi connectivity index (χ1n) is 5.84. The third kappa shape index (κ3) is 2.52. The van der Waals surface area contributed by atoms with Gasteiger partial charge in [0.25, 0.3) is 5.91 Å². The Kier molecular flexibility index (Phi) is 3.80. The van der Waals surface area contributed by atoms with Crippen LogP contribution >= 0.6 is 0 Å². The normalized spacial score (nSPS) is 14.7. The summed E-state index contributed by atoms with van der Waals surface area (Å²) in [5.74, 6) is 4.36. The summed E-state index contributed by atoms with van der Waals surface area (Å²) in [4.78, 5) is 35.3. The third-order valence-electron chi connectivity index (χ3n) is 2.93. The molecule has 1 aliphatic rings. The van der Waals surface area contributed by atoms with Crippen molar-refractivity contribution >= 4 is 23.2 Å². The molecular weight excluding hydrogens is 266 g/mol. The van der Waals surface area contributed by atoms with E-state index >= 15 is 0 Å². The van der Waals surface area contributed by atoms with Gasteiger partial charge in [-0.1, -0.05) is 6.07 Å². The number of nitrogens with two attached hydrogens (primary N) is 1. The number of hydrogen-bond acceptors (Lipinski definition) is 6. The molecule has 1 saturated heterocycles. The highest BCUT2D eigenvalue weighted by atomic mass is 16.6. The average Bonchev–Trinajstić information content (AvgIpc) is 2.45. The summed E-state index contributed by atoms with van der Waals surface area (Å²) in [7, 11) is 0. The molecule has 0 radical (unpaired) electrons. The topological polar surface area (TPSA) is 131 Å². The lowest BCUT2D eigenvalue weighted by molar-refractivity contribution is -0.384. The number of carbonyl (C=O) groups excluding carboxylic acids is 2. The SMILES string of the molecule is NNc1cccc(C(=O)N2CCNC(=O)C2)c1[N+](=O)[O-]. The van der Waals surface area contributed by atoms with Crippen LogP contribution in [0.4, 0.5) is 11.4 Å².